The molecule has 208 valence electrons. The van der Waals surface area contributed by atoms with Crippen molar-refractivity contribution in [2.24, 2.45) is 0 Å². The first-order valence-corrected chi connectivity index (χ1v) is 13.6. The van der Waals surface area contributed by atoms with Crippen molar-refractivity contribution in [3.63, 3.8) is 0 Å². The van der Waals surface area contributed by atoms with Crippen LogP contribution in [-0.4, -0.2) is 66.8 Å². The molecule has 0 aromatic rings. The summed E-state index contributed by atoms with van der Waals surface area (Å²) in [6.07, 6.45) is 11.6. The van der Waals surface area contributed by atoms with Crippen LogP contribution in [0.3, 0.4) is 0 Å². The van der Waals surface area contributed by atoms with Gasteiger partial charge >= 0.3 is 116 Å². The number of hydrogen-bond acceptors (Lipinski definition) is 4. The Labute approximate surface area is 231 Å². The standard InChI is InChI=1S/C11H23.4C4H6O2.Sn.H/c1-3-5-7-9-11-10-8-6-4-2;4*1-3(2)4(5)6;;/h11H,3-10H2,1-2H3;4*1H2,2H3,(H,5,6);;. The maximum atomic E-state index is 9.60. The van der Waals surface area contributed by atoms with Crippen LogP contribution >= 0.6 is 0 Å². The van der Waals surface area contributed by atoms with E-state index in [1.165, 1.54) is 102 Å². The van der Waals surface area contributed by atoms with Crippen molar-refractivity contribution < 1.29 is 39.6 Å². The van der Waals surface area contributed by atoms with Crippen LogP contribution in [0.25, 0.3) is 0 Å². The van der Waals surface area contributed by atoms with E-state index in [0.717, 1.165) is 3.93 Å². The first kappa shape index (κ1) is 43.7. The number of unbranched alkanes of at least 4 members (excludes halogenated alkanes) is 4. The van der Waals surface area contributed by atoms with Crippen molar-refractivity contribution >= 4 is 46.4 Å². The van der Waals surface area contributed by atoms with Gasteiger partial charge in [0.15, 0.2) is 0 Å². The Kier molecular flexibility index (Phi) is 37.2. The van der Waals surface area contributed by atoms with Crippen molar-refractivity contribution in [3.8, 4) is 0 Å². The number of carboxylic acid groups (broad SMARTS) is 4. The van der Waals surface area contributed by atoms with Crippen LogP contribution in [-0.2, 0) is 19.2 Å². The summed E-state index contributed by atoms with van der Waals surface area (Å²) in [4.78, 5) is 38.4. The molecular formula is C27H48O8Sn. The van der Waals surface area contributed by atoms with Crippen molar-refractivity contribution in [2.45, 2.75) is 96.8 Å². The molecule has 0 atom stereocenters. The van der Waals surface area contributed by atoms with Crippen LogP contribution in [0.5, 0.6) is 0 Å². The molecule has 0 aliphatic heterocycles. The van der Waals surface area contributed by atoms with Crippen LogP contribution in [0.1, 0.15) is 92.9 Å². The van der Waals surface area contributed by atoms with Crippen LogP contribution in [0, 0.1) is 0 Å². The molecule has 0 aromatic carbocycles. The minimum absolute atomic E-state index is 0.176. The maximum absolute atomic E-state index is 9.60. The summed E-state index contributed by atoms with van der Waals surface area (Å²) in [6, 6.07) is 0. The topological polar surface area (TPSA) is 149 Å². The molecule has 0 saturated heterocycles. The van der Waals surface area contributed by atoms with Gasteiger partial charge in [-0.05, 0) is 27.7 Å². The van der Waals surface area contributed by atoms with E-state index in [1.807, 2.05) is 0 Å². The average Bonchev–Trinajstić information content (AvgIpc) is 2.75. The van der Waals surface area contributed by atoms with E-state index in [2.05, 4.69) is 40.2 Å². The molecule has 0 spiro atoms. The van der Waals surface area contributed by atoms with Crippen molar-refractivity contribution in [1.29, 1.82) is 0 Å². The van der Waals surface area contributed by atoms with Gasteiger partial charge in [-0.1, -0.05) is 26.3 Å². The normalized spacial score (nSPS) is 8.67. The van der Waals surface area contributed by atoms with E-state index >= 15 is 0 Å². The SMILES string of the molecule is C=C(C)C(=O)O.C=C(C)C(=O)O.C=C(C)C(=O)O.C=C(C)C(=O)O.CCCCC[CH]([SnH])CCCCC. The van der Waals surface area contributed by atoms with Gasteiger partial charge in [-0.15, -0.1) is 0 Å². The summed E-state index contributed by atoms with van der Waals surface area (Å²) in [5.41, 5.74) is 0.704. The van der Waals surface area contributed by atoms with Crippen LogP contribution < -0.4 is 0 Å². The third-order valence-electron chi connectivity index (χ3n) is 3.82. The third kappa shape index (κ3) is 53.2. The van der Waals surface area contributed by atoms with E-state index in [9.17, 15) is 19.2 Å². The fraction of sp³-hybridized carbons (Fsp3) is 0.556. The second kappa shape index (κ2) is 30.7. The van der Waals surface area contributed by atoms with Gasteiger partial charge in [0.05, 0.1) is 0 Å². The summed E-state index contributed by atoms with van der Waals surface area (Å²) >= 11 is 1.49. The molecule has 0 saturated carbocycles. The molecule has 0 aliphatic carbocycles. The second-order valence-electron chi connectivity index (χ2n) is 8.09. The van der Waals surface area contributed by atoms with Gasteiger partial charge in [-0.25, -0.2) is 19.2 Å². The van der Waals surface area contributed by atoms with E-state index in [1.54, 1.807) is 0 Å². The Morgan fingerprint density at radius 3 is 0.833 bits per heavy atom. The van der Waals surface area contributed by atoms with Gasteiger partial charge in [-0.2, -0.15) is 0 Å². The number of aliphatic carboxylic acids is 4. The van der Waals surface area contributed by atoms with Gasteiger partial charge in [-0.3, -0.25) is 0 Å². The number of carboxylic acids is 4. The molecule has 0 bridgehead atoms. The summed E-state index contributed by atoms with van der Waals surface area (Å²) < 4.78 is 1.11. The van der Waals surface area contributed by atoms with Crippen LogP contribution in [0.15, 0.2) is 48.6 Å². The Morgan fingerprint density at radius 1 is 0.556 bits per heavy atom. The van der Waals surface area contributed by atoms with Gasteiger partial charge in [0.2, 0.25) is 0 Å². The summed E-state index contributed by atoms with van der Waals surface area (Å²) in [5.74, 6) is -3.74. The molecule has 2 radical (unpaired) electrons. The van der Waals surface area contributed by atoms with E-state index in [0.29, 0.717) is 0 Å². The quantitative estimate of drug-likeness (QED) is 0.111. The Balaban J connectivity index is -0.000000116. The zero-order valence-electron chi connectivity index (χ0n) is 23.1. The third-order valence-corrected chi connectivity index (χ3v) is 5.72. The molecule has 0 amide bonds. The van der Waals surface area contributed by atoms with Crippen molar-refractivity contribution in [1.82, 2.24) is 0 Å². The van der Waals surface area contributed by atoms with Gasteiger partial charge in [0, 0.05) is 22.3 Å². The predicted molar refractivity (Wildman–Crippen MR) is 149 cm³/mol. The fourth-order valence-electron chi connectivity index (χ4n) is 1.46. The molecule has 4 N–H and O–H groups in total. The molecule has 0 aliphatic rings. The zero-order valence-corrected chi connectivity index (χ0v) is 26.4. The van der Waals surface area contributed by atoms with Crippen LogP contribution in [0.4, 0.5) is 0 Å². The summed E-state index contributed by atoms with van der Waals surface area (Å²) in [6.45, 7) is 23.0. The average molecular weight is 619 g/mol. The molecule has 9 heteroatoms. The zero-order chi connectivity index (χ0) is 29.9. The number of carbonyl (C=O) groups is 4. The summed E-state index contributed by atoms with van der Waals surface area (Å²) in [5, 5.41) is 31.6. The van der Waals surface area contributed by atoms with Gasteiger partial charge < -0.3 is 20.4 Å². The Bertz CT molecular complexity index is 542. The number of rotatable bonds is 12. The minimum atomic E-state index is -0.935. The molecule has 0 rings (SSSR count). The van der Waals surface area contributed by atoms with Crippen molar-refractivity contribution in [3.05, 3.63) is 48.6 Å². The Hall–Kier alpha value is -2.36. The van der Waals surface area contributed by atoms with Gasteiger partial charge in [0.1, 0.15) is 0 Å². The first-order valence-electron chi connectivity index (χ1n) is 11.7. The first-order chi connectivity index (χ1) is 16.4. The monoisotopic (exact) mass is 620 g/mol. The van der Waals surface area contributed by atoms with E-state index in [4.69, 9.17) is 20.4 Å². The van der Waals surface area contributed by atoms with Gasteiger partial charge in [0.25, 0.3) is 0 Å². The molecule has 8 nitrogen and oxygen atoms in total. The Morgan fingerprint density at radius 2 is 0.722 bits per heavy atom. The molecular weight excluding hydrogens is 571 g/mol. The molecule has 36 heavy (non-hydrogen) atoms. The molecule has 0 fully saturated rings. The van der Waals surface area contributed by atoms with Crippen molar-refractivity contribution in [2.75, 3.05) is 0 Å². The fourth-order valence-corrected chi connectivity index (χ4v) is 2.80. The van der Waals surface area contributed by atoms with Crippen LogP contribution in [0.2, 0.25) is 3.93 Å². The molecule has 0 unspecified atom stereocenters. The van der Waals surface area contributed by atoms with E-state index < -0.39 is 23.9 Å². The molecule has 0 heterocycles. The second-order valence-corrected chi connectivity index (χ2v) is 10.8. The van der Waals surface area contributed by atoms with E-state index in [-0.39, 0.29) is 22.3 Å². The molecule has 0 aromatic heterocycles. The summed E-state index contributed by atoms with van der Waals surface area (Å²) in [7, 11) is 0. The number of hydrogen-bond donors (Lipinski definition) is 4. The predicted octanol–water partition coefficient (Wildman–Crippen LogP) is 6.42.